The largest absolute Gasteiger partial charge is 0.481 e. The highest BCUT2D eigenvalue weighted by molar-refractivity contribution is 5.70. The third-order valence-corrected chi connectivity index (χ3v) is 2.56. The Morgan fingerprint density at radius 3 is 2.83 bits per heavy atom. The number of hydrogen-bond donors (Lipinski definition) is 1. The maximum absolute atomic E-state index is 10.9. The van der Waals surface area contributed by atoms with E-state index in [-0.39, 0.29) is 18.1 Å². The molecule has 18 heavy (non-hydrogen) atoms. The van der Waals surface area contributed by atoms with Gasteiger partial charge in [0, 0.05) is 25.4 Å². The molecule has 1 rings (SSSR count). The molecule has 0 aliphatic carbocycles. The lowest BCUT2D eigenvalue weighted by atomic mass is 10.1. The topological polar surface area (TPSA) is 96.6 Å². The van der Waals surface area contributed by atoms with Gasteiger partial charge < -0.3 is 10.0 Å². The fraction of sp³-hybridized carbons (Fsp3) is 0.455. The Morgan fingerprint density at radius 2 is 2.33 bits per heavy atom. The van der Waals surface area contributed by atoms with Crippen molar-refractivity contribution < 1.29 is 14.8 Å². The lowest BCUT2D eigenvalue weighted by Crippen LogP contribution is -2.32. The summed E-state index contributed by atoms with van der Waals surface area (Å²) in [5, 5.41) is 19.8. The molecule has 0 fully saturated rings. The van der Waals surface area contributed by atoms with Crippen LogP contribution in [0.3, 0.4) is 0 Å². The SMILES string of the molecule is CCN(CC(C)C(=O)O)c1ncccc1[N+](=O)[O-]. The maximum Gasteiger partial charge on any atom is 0.311 e. The second-order valence-corrected chi connectivity index (χ2v) is 3.88. The second-order valence-electron chi connectivity index (χ2n) is 3.88. The van der Waals surface area contributed by atoms with Crippen molar-refractivity contribution in [2.75, 3.05) is 18.0 Å². The third kappa shape index (κ3) is 3.16. The molecule has 0 radical (unpaired) electrons. The number of aliphatic carboxylic acids is 1. The van der Waals surface area contributed by atoms with Crippen LogP contribution in [0.1, 0.15) is 13.8 Å². The van der Waals surface area contributed by atoms with Gasteiger partial charge in [0.2, 0.25) is 5.82 Å². The van der Waals surface area contributed by atoms with Crippen LogP contribution >= 0.6 is 0 Å². The molecule has 1 aromatic heterocycles. The molecule has 0 aliphatic rings. The summed E-state index contributed by atoms with van der Waals surface area (Å²) < 4.78 is 0. The first kappa shape index (κ1) is 13.9. The minimum Gasteiger partial charge on any atom is -0.481 e. The Labute approximate surface area is 104 Å². The van der Waals surface area contributed by atoms with Crippen LogP contribution in [0, 0.1) is 16.0 Å². The van der Waals surface area contributed by atoms with Crippen molar-refractivity contribution in [3.8, 4) is 0 Å². The fourth-order valence-corrected chi connectivity index (χ4v) is 1.55. The van der Waals surface area contributed by atoms with Gasteiger partial charge in [-0.3, -0.25) is 14.9 Å². The predicted octanol–water partition coefficient (Wildman–Crippen LogP) is 1.54. The molecule has 7 nitrogen and oxygen atoms in total. The molecule has 0 saturated carbocycles. The van der Waals surface area contributed by atoms with Crippen molar-refractivity contribution in [3.05, 3.63) is 28.4 Å². The Morgan fingerprint density at radius 1 is 1.67 bits per heavy atom. The minimum atomic E-state index is -0.938. The van der Waals surface area contributed by atoms with Crippen molar-refractivity contribution in [3.63, 3.8) is 0 Å². The number of rotatable bonds is 6. The van der Waals surface area contributed by atoms with Crippen molar-refractivity contribution >= 4 is 17.5 Å². The van der Waals surface area contributed by atoms with E-state index in [1.807, 2.05) is 0 Å². The molecule has 1 unspecified atom stereocenters. The molecule has 0 aliphatic heterocycles. The van der Waals surface area contributed by atoms with E-state index < -0.39 is 16.8 Å². The molecule has 0 amide bonds. The van der Waals surface area contributed by atoms with Crippen LogP contribution in [-0.4, -0.2) is 34.1 Å². The zero-order chi connectivity index (χ0) is 13.7. The zero-order valence-electron chi connectivity index (χ0n) is 10.2. The van der Waals surface area contributed by atoms with E-state index in [2.05, 4.69) is 4.98 Å². The number of nitro groups is 1. The van der Waals surface area contributed by atoms with Gasteiger partial charge in [0.1, 0.15) is 0 Å². The number of carbonyl (C=O) groups is 1. The molecular weight excluding hydrogens is 238 g/mol. The van der Waals surface area contributed by atoms with E-state index in [0.29, 0.717) is 6.54 Å². The van der Waals surface area contributed by atoms with E-state index in [0.717, 1.165) is 0 Å². The van der Waals surface area contributed by atoms with E-state index >= 15 is 0 Å². The molecule has 98 valence electrons. The van der Waals surface area contributed by atoms with Crippen molar-refractivity contribution in [2.45, 2.75) is 13.8 Å². The standard InChI is InChI=1S/C11H15N3O4/c1-3-13(7-8(2)11(15)16)10-9(14(17)18)5-4-6-12-10/h4-6,8H,3,7H2,1-2H3,(H,15,16). The summed E-state index contributed by atoms with van der Waals surface area (Å²) in [6.45, 7) is 3.99. The first-order valence-electron chi connectivity index (χ1n) is 5.54. The van der Waals surface area contributed by atoms with Crippen LogP contribution < -0.4 is 4.90 Å². The monoisotopic (exact) mass is 253 g/mol. The number of aromatic nitrogens is 1. The lowest BCUT2D eigenvalue weighted by molar-refractivity contribution is -0.384. The molecule has 1 atom stereocenters. The highest BCUT2D eigenvalue weighted by Crippen LogP contribution is 2.25. The summed E-state index contributed by atoms with van der Waals surface area (Å²) in [5.74, 6) is -1.35. The van der Waals surface area contributed by atoms with Crippen molar-refractivity contribution in [2.24, 2.45) is 5.92 Å². The van der Waals surface area contributed by atoms with Gasteiger partial charge in [-0.25, -0.2) is 4.98 Å². The fourth-order valence-electron chi connectivity index (χ4n) is 1.55. The van der Waals surface area contributed by atoms with Crippen LogP contribution in [0.2, 0.25) is 0 Å². The van der Waals surface area contributed by atoms with Crippen LogP contribution in [0.5, 0.6) is 0 Å². The van der Waals surface area contributed by atoms with Crippen LogP contribution in [0.15, 0.2) is 18.3 Å². The summed E-state index contributed by atoms with van der Waals surface area (Å²) >= 11 is 0. The summed E-state index contributed by atoms with van der Waals surface area (Å²) in [4.78, 5) is 26.8. The van der Waals surface area contributed by atoms with E-state index in [1.54, 1.807) is 18.7 Å². The van der Waals surface area contributed by atoms with Gasteiger partial charge in [-0.1, -0.05) is 6.92 Å². The molecule has 0 aromatic carbocycles. The average Bonchev–Trinajstić information content (AvgIpc) is 2.35. The molecule has 1 heterocycles. The second kappa shape index (κ2) is 5.95. The molecule has 7 heteroatoms. The number of carboxylic acids is 1. The van der Waals surface area contributed by atoms with E-state index in [9.17, 15) is 14.9 Å². The first-order chi connectivity index (χ1) is 8.47. The van der Waals surface area contributed by atoms with Crippen LogP contribution in [0.25, 0.3) is 0 Å². The van der Waals surface area contributed by atoms with Gasteiger partial charge in [0.05, 0.1) is 10.8 Å². The highest BCUT2D eigenvalue weighted by Gasteiger charge is 2.23. The minimum absolute atomic E-state index is 0.114. The number of pyridine rings is 1. The highest BCUT2D eigenvalue weighted by atomic mass is 16.6. The normalized spacial score (nSPS) is 11.9. The lowest BCUT2D eigenvalue weighted by Gasteiger charge is -2.23. The maximum atomic E-state index is 10.9. The third-order valence-electron chi connectivity index (χ3n) is 2.56. The van der Waals surface area contributed by atoms with Crippen molar-refractivity contribution in [1.29, 1.82) is 0 Å². The Balaban J connectivity index is 3.02. The average molecular weight is 253 g/mol. The molecule has 0 saturated heterocycles. The summed E-state index contributed by atoms with van der Waals surface area (Å²) in [6.07, 6.45) is 1.45. The Kier molecular flexibility index (Phi) is 4.59. The first-order valence-corrected chi connectivity index (χ1v) is 5.54. The molecule has 0 spiro atoms. The molecule has 0 bridgehead atoms. The van der Waals surface area contributed by atoms with Crippen LogP contribution in [0.4, 0.5) is 11.5 Å². The summed E-state index contributed by atoms with van der Waals surface area (Å²) in [7, 11) is 0. The zero-order valence-corrected chi connectivity index (χ0v) is 10.2. The van der Waals surface area contributed by atoms with E-state index in [1.165, 1.54) is 18.3 Å². The Hall–Kier alpha value is -2.18. The number of carboxylic acid groups (broad SMARTS) is 1. The number of hydrogen-bond acceptors (Lipinski definition) is 5. The van der Waals surface area contributed by atoms with Gasteiger partial charge >= 0.3 is 11.7 Å². The Bertz CT molecular complexity index is 450. The molecule has 1 aromatic rings. The molecule has 1 N–H and O–H groups in total. The van der Waals surface area contributed by atoms with E-state index in [4.69, 9.17) is 5.11 Å². The van der Waals surface area contributed by atoms with Gasteiger partial charge in [-0.05, 0) is 13.0 Å². The van der Waals surface area contributed by atoms with Gasteiger partial charge in [0.25, 0.3) is 0 Å². The number of nitrogens with zero attached hydrogens (tertiary/aromatic N) is 3. The smallest absolute Gasteiger partial charge is 0.311 e. The quantitative estimate of drug-likeness (QED) is 0.610. The van der Waals surface area contributed by atoms with Gasteiger partial charge in [-0.2, -0.15) is 0 Å². The number of anilines is 1. The van der Waals surface area contributed by atoms with Crippen LogP contribution in [-0.2, 0) is 4.79 Å². The summed E-state index contributed by atoms with van der Waals surface area (Å²) in [5.41, 5.74) is -0.114. The van der Waals surface area contributed by atoms with Gasteiger partial charge in [0.15, 0.2) is 0 Å². The molecular formula is C11H15N3O4. The predicted molar refractivity (Wildman–Crippen MR) is 65.6 cm³/mol. The van der Waals surface area contributed by atoms with Crippen molar-refractivity contribution in [1.82, 2.24) is 4.98 Å². The van der Waals surface area contributed by atoms with Gasteiger partial charge in [-0.15, -0.1) is 0 Å². The summed E-state index contributed by atoms with van der Waals surface area (Å²) in [6, 6.07) is 2.84.